The number of aromatic nitrogens is 1. The van der Waals surface area contributed by atoms with Crippen LogP contribution in [0.1, 0.15) is 109 Å². The maximum atomic E-state index is 2.48. The van der Waals surface area contributed by atoms with Gasteiger partial charge in [0.1, 0.15) is 0 Å². The van der Waals surface area contributed by atoms with Gasteiger partial charge in [-0.2, -0.15) is 0 Å². The zero-order chi connectivity index (χ0) is 42.7. The van der Waals surface area contributed by atoms with Crippen molar-refractivity contribution in [3.05, 3.63) is 167 Å². The molecule has 0 aliphatic heterocycles. The number of benzene rings is 8. The molecule has 0 unspecified atom stereocenters. The standard InChI is InChI=1S/C59H58N2/c1-35(2)38-13-12-14-46(25-38)60(57-32-39(36(3)4)16-15-37(57)5)47-21-17-40-28-49-50-29-41-18-22-48(27-43(41)31-52(50)51(49)30-42(40)26-47)61-55-23-19-44(58(6,7)8)33-53(55)54-34-45(59(9,10)11)20-24-56(54)61/h12-36H,1-11H3. The second-order valence-electron chi connectivity index (χ2n) is 20.4. The molecule has 0 bridgehead atoms. The van der Waals surface area contributed by atoms with Crippen LogP contribution in [0.3, 0.4) is 0 Å². The van der Waals surface area contributed by atoms with Crippen LogP contribution in [-0.4, -0.2) is 4.57 Å². The molecule has 1 aliphatic carbocycles. The molecule has 0 fully saturated rings. The van der Waals surface area contributed by atoms with Crippen LogP contribution in [0.25, 0.3) is 71.3 Å². The van der Waals surface area contributed by atoms with Gasteiger partial charge in [0.25, 0.3) is 0 Å². The Hall–Kier alpha value is -6.12. The van der Waals surface area contributed by atoms with Crippen molar-refractivity contribution < 1.29 is 0 Å². The number of hydrogen-bond donors (Lipinski definition) is 0. The summed E-state index contributed by atoms with van der Waals surface area (Å²) >= 11 is 0. The quantitative estimate of drug-likeness (QED) is 0.163. The van der Waals surface area contributed by atoms with E-state index in [9.17, 15) is 0 Å². The van der Waals surface area contributed by atoms with E-state index >= 15 is 0 Å². The van der Waals surface area contributed by atoms with Gasteiger partial charge in [-0.15, -0.1) is 0 Å². The van der Waals surface area contributed by atoms with Gasteiger partial charge in [0, 0.05) is 33.5 Å². The molecule has 8 aromatic carbocycles. The summed E-state index contributed by atoms with van der Waals surface area (Å²) in [5.41, 5.74) is 19.5. The third-order valence-corrected chi connectivity index (χ3v) is 13.5. The van der Waals surface area contributed by atoms with Crippen molar-refractivity contribution in [2.75, 3.05) is 4.90 Å². The molecule has 10 rings (SSSR count). The predicted molar refractivity (Wildman–Crippen MR) is 265 cm³/mol. The fraction of sp³-hybridized carbons (Fsp3) is 0.254. The molecule has 0 radical (unpaired) electrons. The molecule has 2 heteroatoms. The molecule has 0 N–H and O–H groups in total. The van der Waals surface area contributed by atoms with Gasteiger partial charge < -0.3 is 9.47 Å². The molecule has 0 spiro atoms. The van der Waals surface area contributed by atoms with E-state index in [1.807, 2.05) is 0 Å². The molecule has 2 nitrogen and oxygen atoms in total. The lowest BCUT2D eigenvalue weighted by Crippen LogP contribution is -2.12. The third kappa shape index (κ3) is 6.54. The summed E-state index contributed by atoms with van der Waals surface area (Å²) in [6.45, 7) is 25.2. The highest BCUT2D eigenvalue weighted by atomic mass is 15.1. The predicted octanol–water partition coefficient (Wildman–Crippen LogP) is 17.4. The van der Waals surface area contributed by atoms with Gasteiger partial charge in [0.05, 0.1) is 11.0 Å². The number of aryl methyl sites for hydroxylation is 1. The molecule has 9 aromatic rings. The minimum Gasteiger partial charge on any atom is -0.310 e. The monoisotopic (exact) mass is 794 g/mol. The van der Waals surface area contributed by atoms with Gasteiger partial charge in [0.15, 0.2) is 0 Å². The smallest absolute Gasteiger partial charge is 0.0541 e. The first-order valence-electron chi connectivity index (χ1n) is 22.3. The molecule has 61 heavy (non-hydrogen) atoms. The molecule has 0 saturated heterocycles. The Morgan fingerprint density at radius 3 is 1.51 bits per heavy atom. The van der Waals surface area contributed by atoms with E-state index in [0.717, 1.165) is 0 Å². The van der Waals surface area contributed by atoms with E-state index in [1.54, 1.807) is 0 Å². The Morgan fingerprint density at radius 1 is 0.443 bits per heavy atom. The zero-order valence-corrected chi connectivity index (χ0v) is 37.8. The van der Waals surface area contributed by atoms with Gasteiger partial charge in [-0.3, -0.25) is 0 Å². The average molecular weight is 795 g/mol. The summed E-state index contributed by atoms with van der Waals surface area (Å²) < 4.78 is 2.48. The Bertz CT molecular complexity index is 3160. The molecular formula is C59H58N2. The highest BCUT2D eigenvalue weighted by molar-refractivity contribution is 6.13. The van der Waals surface area contributed by atoms with Crippen molar-refractivity contribution in [2.24, 2.45) is 0 Å². The van der Waals surface area contributed by atoms with Gasteiger partial charge >= 0.3 is 0 Å². The van der Waals surface area contributed by atoms with Gasteiger partial charge in [0.2, 0.25) is 0 Å². The average Bonchev–Trinajstić information content (AvgIpc) is 3.55. The van der Waals surface area contributed by atoms with E-state index in [0.29, 0.717) is 11.8 Å². The van der Waals surface area contributed by atoms with E-state index in [-0.39, 0.29) is 10.8 Å². The summed E-state index contributed by atoms with van der Waals surface area (Å²) in [5.74, 6) is 0.883. The van der Waals surface area contributed by atoms with Gasteiger partial charge in [-0.25, -0.2) is 0 Å². The largest absolute Gasteiger partial charge is 0.310 e. The Kier molecular flexibility index (Phi) is 8.94. The lowest BCUT2D eigenvalue weighted by Gasteiger charge is -2.30. The highest BCUT2D eigenvalue weighted by Gasteiger charge is 2.26. The van der Waals surface area contributed by atoms with E-state index in [4.69, 9.17) is 0 Å². The third-order valence-electron chi connectivity index (χ3n) is 13.5. The van der Waals surface area contributed by atoms with Crippen molar-refractivity contribution in [3.8, 4) is 27.9 Å². The summed E-state index contributed by atoms with van der Waals surface area (Å²) in [5, 5.41) is 7.70. The van der Waals surface area contributed by atoms with Crippen molar-refractivity contribution in [1.82, 2.24) is 4.57 Å². The Labute approximate surface area is 362 Å². The molecular weight excluding hydrogens is 737 g/mol. The molecule has 1 aliphatic rings. The van der Waals surface area contributed by atoms with Crippen LogP contribution in [0.5, 0.6) is 0 Å². The maximum absolute atomic E-state index is 2.48. The number of hydrogen-bond acceptors (Lipinski definition) is 1. The normalized spacial score (nSPS) is 12.8. The summed E-state index contributed by atoms with van der Waals surface area (Å²) in [6.07, 6.45) is 0. The van der Waals surface area contributed by atoms with E-state index in [2.05, 4.69) is 225 Å². The van der Waals surface area contributed by atoms with Crippen LogP contribution in [0.2, 0.25) is 0 Å². The van der Waals surface area contributed by atoms with Crippen LogP contribution in [-0.2, 0) is 10.8 Å². The summed E-state index contributed by atoms with van der Waals surface area (Å²) in [7, 11) is 0. The second-order valence-corrected chi connectivity index (χ2v) is 20.4. The number of nitrogens with zero attached hydrogens (tertiary/aromatic N) is 2. The lowest BCUT2D eigenvalue weighted by atomic mass is 9.78. The van der Waals surface area contributed by atoms with E-state index in [1.165, 1.54) is 116 Å². The number of rotatable bonds is 6. The first-order valence-corrected chi connectivity index (χ1v) is 22.3. The molecule has 1 aromatic heterocycles. The van der Waals surface area contributed by atoms with Crippen molar-refractivity contribution in [3.63, 3.8) is 0 Å². The molecule has 0 saturated carbocycles. The summed E-state index contributed by atoms with van der Waals surface area (Å²) in [4.78, 5) is 2.47. The highest BCUT2D eigenvalue weighted by Crippen LogP contribution is 2.51. The van der Waals surface area contributed by atoms with Crippen molar-refractivity contribution in [2.45, 2.75) is 98.8 Å². The fourth-order valence-corrected chi connectivity index (χ4v) is 9.59. The van der Waals surface area contributed by atoms with Crippen LogP contribution in [0, 0.1) is 6.92 Å². The Balaban J connectivity index is 1.09. The van der Waals surface area contributed by atoms with Crippen LogP contribution in [0.15, 0.2) is 140 Å². The first kappa shape index (κ1) is 39.0. The topological polar surface area (TPSA) is 8.17 Å². The lowest BCUT2D eigenvalue weighted by molar-refractivity contribution is 0.590. The number of fused-ring (bicyclic) bond motifs is 9. The van der Waals surface area contributed by atoms with Gasteiger partial charge in [-0.05, 0) is 192 Å². The molecule has 1 heterocycles. The van der Waals surface area contributed by atoms with Crippen LogP contribution >= 0.6 is 0 Å². The summed E-state index contributed by atoms with van der Waals surface area (Å²) in [6, 6.07) is 54.0. The zero-order valence-electron chi connectivity index (χ0n) is 37.8. The van der Waals surface area contributed by atoms with Gasteiger partial charge in [-0.1, -0.05) is 118 Å². The minimum absolute atomic E-state index is 0.0650. The maximum Gasteiger partial charge on any atom is 0.0541 e. The van der Waals surface area contributed by atoms with Crippen LogP contribution < -0.4 is 4.90 Å². The van der Waals surface area contributed by atoms with E-state index < -0.39 is 0 Å². The SMILES string of the molecule is Cc1ccc(C(C)C)cc1N(c1cccc(C(C)C)c1)c1ccc2cc3c(cc2c1)-c1cc2cc(-n4c5ccc(C(C)(C)C)cc5c5cc(C(C)(C)C)ccc54)ccc2cc1-3. The van der Waals surface area contributed by atoms with Crippen molar-refractivity contribution in [1.29, 1.82) is 0 Å². The van der Waals surface area contributed by atoms with Crippen LogP contribution in [0.4, 0.5) is 17.1 Å². The second kappa shape index (κ2) is 14.0. The Morgan fingerprint density at radius 2 is 0.951 bits per heavy atom. The first-order chi connectivity index (χ1) is 29.0. The molecule has 304 valence electrons. The molecule has 0 atom stereocenters. The molecule has 0 amide bonds. The fourth-order valence-electron chi connectivity index (χ4n) is 9.59. The van der Waals surface area contributed by atoms with Crippen molar-refractivity contribution >= 4 is 60.4 Å². The minimum atomic E-state index is 0.0650. The number of anilines is 3.